The van der Waals surface area contributed by atoms with Crippen molar-refractivity contribution in [3.8, 4) is 0 Å². The van der Waals surface area contributed by atoms with Gasteiger partial charge in [0.15, 0.2) is 11.6 Å². The highest BCUT2D eigenvalue weighted by Gasteiger charge is 2.75. The number of carbonyl (C=O) groups is 2. The van der Waals surface area contributed by atoms with Gasteiger partial charge in [-0.2, -0.15) is 0 Å². The molecular weight excluding hydrogens is 416 g/mol. The molecule has 8 atom stereocenters. The van der Waals surface area contributed by atoms with Gasteiger partial charge in [0.1, 0.15) is 17.5 Å². The lowest BCUT2D eigenvalue weighted by Gasteiger charge is -2.62. The van der Waals surface area contributed by atoms with Crippen molar-refractivity contribution < 1.29 is 24.2 Å². The van der Waals surface area contributed by atoms with Crippen LogP contribution < -0.4 is 0 Å². The average Bonchev–Trinajstić information content (AvgIpc) is 3.06. The number of hydrogen-bond donors (Lipinski definition) is 1. The van der Waals surface area contributed by atoms with Crippen LogP contribution >= 0.6 is 0 Å². The quantitative estimate of drug-likeness (QED) is 0.653. The highest BCUT2D eigenvalue weighted by atomic mass is 16.7. The van der Waals surface area contributed by atoms with E-state index < -0.39 is 28.5 Å². The van der Waals surface area contributed by atoms with Crippen LogP contribution in [0.2, 0.25) is 0 Å². The van der Waals surface area contributed by atoms with Crippen molar-refractivity contribution in [2.45, 2.75) is 110 Å². The molecular formula is C28H40O5. The lowest BCUT2D eigenvalue weighted by molar-refractivity contribution is -0.377. The van der Waals surface area contributed by atoms with Crippen LogP contribution in [-0.4, -0.2) is 39.8 Å². The van der Waals surface area contributed by atoms with Crippen LogP contribution in [0.15, 0.2) is 23.3 Å². The highest BCUT2D eigenvalue weighted by molar-refractivity contribution is 5.99. The predicted molar refractivity (Wildman–Crippen MR) is 125 cm³/mol. The van der Waals surface area contributed by atoms with Gasteiger partial charge in [-0.15, -0.1) is 0 Å². The maximum atomic E-state index is 13.2. The molecule has 2 heterocycles. The molecule has 3 aliphatic carbocycles. The van der Waals surface area contributed by atoms with Crippen molar-refractivity contribution in [2.24, 2.45) is 28.6 Å². The van der Waals surface area contributed by atoms with Gasteiger partial charge in [0, 0.05) is 23.7 Å². The van der Waals surface area contributed by atoms with Crippen molar-refractivity contribution in [1.29, 1.82) is 0 Å². The molecule has 1 spiro atoms. The molecule has 5 aliphatic rings. The first-order valence-corrected chi connectivity index (χ1v) is 12.8. The number of aliphatic hydroxyl groups excluding tert-OH is 1. The summed E-state index contributed by atoms with van der Waals surface area (Å²) >= 11 is 0. The summed E-state index contributed by atoms with van der Waals surface area (Å²) in [5, 5.41) is 11.5. The van der Waals surface area contributed by atoms with Gasteiger partial charge < -0.3 is 19.4 Å². The second-order valence-electron chi connectivity index (χ2n) is 12.6. The molecule has 5 nitrogen and oxygen atoms in total. The summed E-state index contributed by atoms with van der Waals surface area (Å²) in [6.07, 6.45) is 7.60. The van der Waals surface area contributed by atoms with Gasteiger partial charge in [0.05, 0.1) is 11.0 Å². The van der Waals surface area contributed by atoms with Gasteiger partial charge in [-0.05, 0) is 77.4 Å². The summed E-state index contributed by atoms with van der Waals surface area (Å²) in [7, 11) is 0. The third-order valence-corrected chi connectivity index (χ3v) is 10.8. The van der Waals surface area contributed by atoms with E-state index in [2.05, 4.69) is 13.8 Å². The van der Waals surface area contributed by atoms with Gasteiger partial charge in [0.25, 0.3) is 0 Å². The van der Waals surface area contributed by atoms with Gasteiger partial charge >= 0.3 is 0 Å². The SMILES string of the molecule is CC(=O)CC[C@@]1(C)C(=O)C=CC2=C1CC[C@]1(C)[C@@H]3CC[C@]21O[C@@]1(OC(C)(C)[C@@H](C)[C@H]1O)[C@H]3C. The monoisotopic (exact) mass is 456 g/mol. The minimum Gasteiger partial charge on any atom is -0.387 e. The minimum absolute atomic E-state index is 0.0542. The van der Waals surface area contributed by atoms with Gasteiger partial charge in [-0.1, -0.05) is 32.4 Å². The highest BCUT2D eigenvalue weighted by Crippen LogP contribution is 2.72. The smallest absolute Gasteiger partial charge is 0.199 e. The van der Waals surface area contributed by atoms with Gasteiger partial charge in [-0.3, -0.25) is 4.79 Å². The van der Waals surface area contributed by atoms with Crippen LogP contribution in [0.25, 0.3) is 0 Å². The second-order valence-corrected chi connectivity index (χ2v) is 12.6. The average molecular weight is 457 g/mol. The van der Waals surface area contributed by atoms with Crippen LogP contribution in [0.5, 0.6) is 0 Å². The number of hydrogen-bond acceptors (Lipinski definition) is 5. The Morgan fingerprint density at radius 1 is 1.09 bits per heavy atom. The Morgan fingerprint density at radius 2 is 1.79 bits per heavy atom. The fourth-order valence-corrected chi connectivity index (χ4v) is 8.26. The molecule has 1 N–H and O–H groups in total. The molecule has 0 unspecified atom stereocenters. The minimum atomic E-state index is -1.05. The standard InChI is InChI=1S/C28H40O5/c1-16(29)10-13-25(6)20-11-14-26(7)19-12-15-27(26,21(20)8-9-22(25)30)33-28(17(19)2)23(31)18(3)24(4,5)32-28/h8-9,17-19,23,31H,10-15H2,1-7H3/t17-,18-,19+,23+,25+,26+,27-,28-/m0/s1. The van der Waals surface area contributed by atoms with Crippen molar-refractivity contribution in [2.75, 3.05) is 0 Å². The molecule has 0 aromatic carbocycles. The third kappa shape index (κ3) is 2.70. The van der Waals surface area contributed by atoms with E-state index in [0.717, 1.165) is 36.8 Å². The molecule has 3 fully saturated rings. The van der Waals surface area contributed by atoms with E-state index in [1.165, 1.54) is 0 Å². The molecule has 0 amide bonds. The molecule has 0 aromatic rings. The molecule has 1 saturated carbocycles. The van der Waals surface area contributed by atoms with Gasteiger partial charge in [-0.25, -0.2) is 0 Å². The number of carbonyl (C=O) groups excluding carboxylic acids is 2. The Hall–Kier alpha value is -1.30. The Labute approximate surface area is 198 Å². The van der Waals surface area contributed by atoms with E-state index in [4.69, 9.17) is 9.47 Å². The van der Waals surface area contributed by atoms with Crippen molar-refractivity contribution in [3.63, 3.8) is 0 Å². The van der Waals surface area contributed by atoms with Crippen LogP contribution in [-0.2, 0) is 19.1 Å². The van der Waals surface area contributed by atoms with Crippen LogP contribution in [0.1, 0.15) is 87.0 Å². The number of rotatable bonds is 3. The number of aliphatic hydroxyl groups is 1. The maximum Gasteiger partial charge on any atom is 0.199 e. The zero-order valence-electron chi connectivity index (χ0n) is 21.3. The number of allylic oxidation sites excluding steroid dienone is 2. The summed E-state index contributed by atoms with van der Waals surface area (Å²) in [6.45, 7) is 14.3. The topological polar surface area (TPSA) is 72.8 Å². The third-order valence-electron chi connectivity index (χ3n) is 10.8. The fraction of sp³-hybridized carbons (Fsp3) is 0.786. The zero-order valence-corrected chi connectivity index (χ0v) is 21.3. The Balaban J connectivity index is 1.66. The van der Waals surface area contributed by atoms with Crippen LogP contribution in [0, 0.1) is 28.6 Å². The molecule has 2 saturated heterocycles. The second kappa shape index (κ2) is 6.89. The molecule has 182 valence electrons. The molecule has 0 radical (unpaired) electrons. The first-order valence-electron chi connectivity index (χ1n) is 12.8. The first-order chi connectivity index (χ1) is 15.3. The van der Waals surface area contributed by atoms with Gasteiger partial charge in [0.2, 0.25) is 0 Å². The lowest BCUT2D eigenvalue weighted by Crippen LogP contribution is -2.67. The normalized spacial score (nSPS) is 50.0. The predicted octanol–water partition coefficient (Wildman–Crippen LogP) is 4.91. The first kappa shape index (κ1) is 23.4. The van der Waals surface area contributed by atoms with Crippen LogP contribution in [0.4, 0.5) is 0 Å². The molecule has 0 aromatic heterocycles. The summed E-state index contributed by atoms with van der Waals surface area (Å²) < 4.78 is 13.9. The van der Waals surface area contributed by atoms with E-state index >= 15 is 0 Å². The molecule has 2 aliphatic heterocycles. The lowest BCUT2D eigenvalue weighted by atomic mass is 9.51. The molecule has 5 rings (SSSR count). The largest absolute Gasteiger partial charge is 0.387 e. The maximum absolute atomic E-state index is 13.2. The van der Waals surface area contributed by atoms with Crippen molar-refractivity contribution in [1.82, 2.24) is 0 Å². The summed E-state index contributed by atoms with van der Waals surface area (Å²) in [5.41, 5.74) is 0.417. The summed E-state index contributed by atoms with van der Waals surface area (Å²) in [5.74, 6) is -0.474. The Bertz CT molecular complexity index is 977. The van der Waals surface area contributed by atoms with E-state index in [1.54, 1.807) is 13.0 Å². The Morgan fingerprint density at radius 3 is 2.39 bits per heavy atom. The Kier molecular flexibility index (Phi) is 4.89. The molecule has 2 bridgehead atoms. The summed E-state index contributed by atoms with van der Waals surface area (Å²) in [6, 6.07) is 0. The van der Waals surface area contributed by atoms with Crippen LogP contribution in [0.3, 0.4) is 0 Å². The van der Waals surface area contributed by atoms with Crippen molar-refractivity contribution in [3.05, 3.63) is 23.3 Å². The number of Topliss-reactive ketones (excluding diaryl/α,β-unsaturated/α-hetero) is 1. The fourth-order valence-electron chi connectivity index (χ4n) is 8.26. The molecule has 5 heteroatoms. The zero-order chi connectivity index (χ0) is 24.2. The van der Waals surface area contributed by atoms with E-state index in [1.807, 2.05) is 33.8 Å². The summed E-state index contributed by atoms with van der Waals surface area (Å²) in [4.78, 5) is 25.0. The number of ketones is 2. The van der Waals surface area contributed by atoms with E-state index in [9.17, 15) is 14.7 Å². The van der Waals surface area contributed by atoms with E-state index in [0.29, 0.717) is 18.8 Å². The van der Waals surface area contributed by atoms with Crippen molar-refractivity contribution >= 4 is 11.6 Å². The number of ether oxygens (including phenoxy) is 2. The molecule has 33 heavy (non-hydrogen) atoms. The van der Waals surface area contributed by atoms with E-state index in [-0.39, 0.29) is 28.8 Å².